The van der Waals surface area contributed by atoms with Crippen molar-refractivity contribution in [3.63, 3.8) is 0 Å². The molecule has 3 heterocycles. The van der Waals surface area contributed by atoms with Crippen LogP contribution in [0.25, 0.3) is 0 Å². The molecule has 1 fully saturated rings. The summed E-state index contributed by atoms with van der Waals surface area (Å²) in [4.78, 5) is 36.3. The summed E-state index contributed by atoms with van der Waals surface area (Å²) in [7, 11) is 0. The maximum atomic E-state index is 13.2. The van der Waals surface area contributed by atoms with Crippen LogP contribution in [0.4, 0.5) is 5.69 Å². The van der Waals surface area contributed by atoms with E-state index in [0.717, 1.165) is 31.7 Å². The van der Waals surface area contributed by atoms with Crippen molar-refractivity contribution in [2.75, 3.05) is 37.6 Å². The first-order chi connectivity index (χ1) is 13.6. The van der Waals surface area contributed by atoms with Crippen LogP contribution in [0.1, 0.15) is 40.1 Å². The molecule has 0 spiro atoms. The average molecular weight is 378 g/mol. The molecule has 6 heteroatoms. The molecular weight excluding hydrogens is 352 g/mol. The smallest absolute Gasteiger partial charge is 0.260 e. The highest BCUT2D eigenvalue weighted by Crippen LogP contribution is 2.33. The molecule has 2 amide bonds. The molecule has 4 rings (SSSR count). The second-order valence-corrected chi connectivity index (χ2v) is 7.55. The van der Waals surface area contributed by atoms with Crippen molar-refractivity contribution in [1.82, 2.24) is 14.8 Å². The maximum absolute atomic E-state index is 13.2. The zero-order valence-corrected chi connectivity index (χ0v) is 16.5. The topological polar surface area (TPSA) is 56.8 Å². The van der Waals surface area contributed by atoms with Gasteiger partial charge in [0.05, 0.1) is 11.1 Å². The first kappa shape index (κ1) is 18.6. The molecule has 0 radical (unpaired) electrons. The molecule has 2 aliphatic rings. The highest BCUT2D eigenvalue weighted by atomic mass is 16.2. The average Bonchev–Trinajstić information content (AvgIpc) is 3.08. The van der Waals surface area contributed by atoms with E-state index in [9.17, 15) is 9.59 Å². The number of amides is 2. The van der Waals surface area contributed by atoms with E-state index in [4.69, 9.17) is 0 Å². The SMILES string of the molecule is CCN1CCN(C(=O)c2cncc(C(=O)N3c4ccccc4CC3C)c2)CC1. The van der Waals surface area contributed by atoms with Gasteiger partial charge in [0, 0.05) is 50.3 Å². The number of piperazine rings is 1. The number of carbonyl (C=O) groups excluding carboxylic acids is 2. The lowest BCUT2D eigenvalue weighted by molar-refractivity contribution is 0.0643. The molecule has 0 bridgehead atoms. The van der Waals surface area contributed by atoms with E-state index < -0.39 is 0 Å². The Hall–Kier alpha value is -2.73. The van der Waals surface area contributed by atoms with Gasteiger partial charge in [0.2, 0.25) is 0 Å². The molecule has 1 aromatic heterocycles. The van der Waals surface area contributed by atoms with Crippen LogP contribution < -0.4 is 4.90 Å². The number of likely N-dealkylation sites (N-methyl/N-ethyl adjacent to an activating group) is 1. The van der Waals surface area contributed by atoms with Crippen LogP contribution in [0, 0.1) is 0 Å². The molecule has 6 nitrogen and oxygen atoms in total. The predicted octanol–water partition coefficient (Wildman–Crippen LogP) is 2.45. The Kier molecular flexibility index (Phi) is 5.13. The normalized spacial score (nSPS) is 19.6. The van der Waals surface area contributed by atoms with Crippen LogP contribution in [0.2, 0.25) is 0 Å². The van der Waals surface area contributed by atoms with Crippen LogP contribution in [0.3, 0.4) is 0 Å². The Morgan fingerprint density at radius 3 is 2.43 bits per heavy atom. The maximum Gasteiger partial charge on any atom is 0.260 e. The molecule has 0 saturated carbocycles. The third kappa shape index (κ3) is 3.40. The number of anilines is 1. The van der Waals surface area contributed by atoms with Crippen LogP contribution in [0.5, 0.6) is 0 Å². The fraction of sp³-hybridized carbons (Fsp3) is 0.409. The van der Waals surface area contributed by atoms with Gasteiger partial charge in [0.1, 0.15) is 0 Å². The molecule has 1 saturated heterocycles. The van der Waals surface area contributed by atoms with Gasteiger partial charge in [-0.05, 0) is 37.6 Å². The third-order valence-electron chi connectivity index (χ3n) is 5.76. The van der Waals surface area contributed by atoms with Crippen molar-refractivity contribution in [3.05, 3.63) is 59.4 Å². The minimum absolute atomic E-state index is 0.0484. The van der Waals surface area contributed by atoms with Crippen molar-refractivity contribution in [2.45, 2.75) is 26.3 Å². The summed E-state index contributed by atoms with van der Waals surface area (Å²) < 4.78 is 0. The van der Waals surface area contributed by atoms with Crippen molar-refractivity contribution in [1.29, 1.82) is 0 Å². The number of para-hydroxylation sites is 1. The number of aromatic nitrogens is 1. The molecule has 2 aromatic rings. The highest BCUT2D eigenvalue weighted by molar-refractivity contribution is 6.08. The van der Waals surface area contributed by atoms with Crippen molar-refractivity contribution in [2.24, 2.45) is 0 Å². The number of rotatable bonds is 3. The van der Waals surface area contributed by atoms with E-state index in [0.29, 0.717) is 24.2 Å². The first-order valence-electron chi connectivity index (χ1n) is 9.96. The molecule has 1 aromatic carbocycles. The van der Waals surface area contributed by atoms with Crippen LogP contribution in [0.15, 0.2) is 42.7 Å². The van der Waals surface area contributed by atoms with Gasteiger partial charge in [0.25, 0.3) is 11.8 Å². The number of hydrogen-bond acceptors (Lipinski definition) is 4. The number of carbonyl (C=O) groups is 2. The second kappa shape index (κ2) is 7.72. The second-order valence-electron chi connectivity index (χ2n) is 7.55. The number of hydrogen-bond donors (Lipinski definition) is 0. The van der Waals surface area contributed by atoms with Gasteiger partial charge < -0.3 is 14.7 Å². The lowest BCUT2D eigenvalue weighted by atomic mass is 10.1. The summed E-state index contributed by atoms with van der Waals surface area (Å²) in [6, 6.07) is 9.77. The highest BCUT2D eigenvalue weighted by Gasteiger charge is 2.32. The van der Waals surface area contributed by atoms with Crippen LogP contribution >= 0.6 is 0 Å². The minimum atomic E-state index is -0.101. The summed E-state index contributed by atoms with van der Waals surface area (Å²) in [5.74, 6) is -0.150. The van der Waals surface area contributed by atoms with Gasteiger partial charge in [-0.25, -0.2) is 0 Å². The summed E-state index contributed by atoms with van der Waals surface area (Å²) in [6.45, 7) is 8.38. The van der Waals surface area contributed by atoms with Crippen molar-refractivity contribution >= 4 is 17.5 Å². The molecule has 146 valence electrons. The third-order valence-corrected chi connectivity index (χ3v) is 5.76. The van der Waals surface area contributed by atoms with Gasteiger partial charge >= 0.3 is 0 Å². The lowest BCUT2D eigenvalue weighted by Crippen LogP contribution is -2.48. The zero-order valence-electron chi connectivity index (χ0n) is 16.5. The summed E-state index contributed by atoms with van der Waals surface area (Å²) in [6.07, 6.45) is 3.96. The summed E-state index contributed by atoms with van der Waals surface area (Å²) in [5, 5.41) is 0. The van der Waals surface area contributed by atoms with Crippen molar-refractivity contribution in [3.8, 4) is 0 Å². The van der Waals surface area contributed by atoms with E-state index in [1.54, 1.807) is 18.5 Å². The van der Waals surface area contributed by atoms with Gasteiger partial charge in [-0.2, -0.15) is 0 Å². The molecule has 0 N–H and O–H groups in total. The molecular formula is C22H26N4O2. The zero-order chi connectivity index (χ0) is 19.7. The quantitative estimate of drug-likeness (QED) is 0.823. The molecule has 2 aliphatic heterocycles. The Morgan fingerprint density at radius 1 is 1.04 bits per heavy atom. The fourth-order valence-corrected chi connectivity index (χ4v) is 4.14. The van der Waals surface area contributed by atoms with Gasteiger partial charge in [0.15, 0.2) is 0 Å². The molecule has 28 heavy (non-hydrogen) atoms. The predicted molar refractivity (Wildman–Crippen MR) is 109 cm³/mol. The fourth-order valence-electron chi connectivity index (χ4n) is 4.14. The number of nitrogens with zero attached hydrogens (tertiary/aromatic N) is 4. The van der Waals surface area contributed by atoms with Crippen molar-refractivity contribution < 1.29 is 9.59 Å². The van der Waals surface area contributed by atoms with E-state index in [1.165, 1.54) is 5.56 Å². The Morgan fingerprint density at radius 2 is 1.71 bits per heavy atom. The van der Waals surface area contributed by atoms with E-state index in [1.807, 2.05) is 34.9 Å². The number of fused-ring (bicyclic) bond motifs is 1. The number of pyridine rings is 1. The lowest BCUT2D eigenvalue weighted by Gasteiger charge is -2.34. The molecule has 0 aliphatic carbocycles. The van der Waals surface area contributed by atoms with Crippen LogP contribution in [-0.2, 0) is 6.42 Å². The largest absolute Gasteiger partial charge is 0.336 e. The van der Waals surface area contributed by atoms with Gasteiger partial charge in [-0.15, -0.1) is 0 Å². The van der Waals surface area contributed by atoms with Gasteiger partial charge in [-0.1, -0.05) is 25.1 Å². The Balaban J connectivity index is 1.54. The summed E-state index contributed by atoms with van der Waals surface area (Å²) in [5.41, 5.74) is 3.07. The summed E-state index contributed by atoms with van der Waals surface area (Å²) >= 11 is 0. The monoisotopic (exact) mass is 378 g/mol. The van der Waals surface area contributed by atoms with E-state index >= 15 is 0 Å². The first-order valence-corrected chi connectivity index (χ1v) is 9.96. The van der Waals surface area contributed by atoms with Gasteiger partial charge in [-0.3, -0.25) is 14.6 Å². The molecule has 1 atom stereocenters. The Bertz CT molecular complexity index is 890. The molecule has 1 unspecified atom stereocenters. The van der Waals surface area contributed by atoms with E-state index in [2.05, 4.69) is 22.9 Å². The Labute approximate surface area is 165 Å². The standard InChI is InChI=1S/C22H26N4O2/c1-3-24-8-10-25(11-9-24)21(27)18-13-19(15-23-14-18)22(28)26-16(2)12-17-6-4-5-7-20(17)26/h4-7,13-16H,3,8-12H2,1-2H3. The minimum Gasteiger partial charge on any atom is -0.336 e. The number of benzene rings is 1. The van der Waals surface area contributed by atoms with Crippen LogP contribution in [-0.4, -0.2) is 65.4 Å². The van der Waals surface area contributed by atoms with E-state index in [-0.39, 0.29) is 17.9 Å².